The molecule has 5 heteroatoms. The molecule has 0 aliphatic carbocycles. The van der Waals surface area contributed by atoms with Crippen LogP contribution in [0.4, 0.5) is 11.5 Å². The van der Waals surface area contributed by atoms with Crippen molar-refractivity contribution in [2.75, 3.05) is 18.6 Å². The first kappa shape index (κ1) is 11.4. The Labute approximate surface area is 109 Å². The van der Waals surface area contributed by atoms with Gasteiger partial charge in [0.1, 0.15) is 0 Å². The van der Waals surface area contributed by atoms with Gasteiger partial charge in [-0.05, 0) is 35.4 Å². The van der Waals surface area contributed by atoms with Crippen LogP contribution < -0.4 is 16.2 Å². The molecule has 19 heavy (non-hydrogen) atoms. The van der Waals surface area contributed by atoms with Gasteiger partial charge in [0.2, 0.25) is 5.58 Å². The van der Waals surface area contributed by atoms with Crippen molar-refractivity contribution in [3.8, 4) is 16.9 Å². The fourth-order valence-corrected chi connectivity index (χ4v) is 2.11. The van der Waals surface area contributed by atoms with Crippen molar-refractivity contribution in [1.82, 2.24) is 5.16 Å². The smallest absolute Gasteiger partial charge is 0.211 e. The molecule has 0 radical (unpaired) electrons. The van der Waals surface area contributed by atoms with E-state index in [1.54, 1.807) is 7.11 Å². The normalized spacial score (nSPS) is 10.8. The number of anilines is 2. The van der Waals surface area contributed by atoms with E-state index in [1.165, 1.54) is 0 Å². The lowest BCUT2D eigenvalue weighted by molar-refractivity contribution is 0.394. The van der Waals surface area contributed by atoms with E-state index in [0.29, 0.717) is 22.8 Å². The quantitative estimate of drug-likeness (QED) is 0.687. The maximum atomic E-state index is 5.88. The van der Waals surface area contributed by atoms with Gasteiger partial charge in [-0.2, -0.15) is 0 Å². The van der Waals surface area contributed by atoms with Crippen LogP contribution in [0.2, 0.25) is 0 Å². The Morgan fingerprint density at radius 1 is 1.05 bits per heavy atom. The third-order valence-electron chi connectivity index (χ3n) is 3.05. The van der Waals surface area contributed by atoms with Crippen molar-refractivity contribution in [3.05, 3.63) is 36.4 Å². The summed E-state index contributed by atoms with van der Waals surface area (Å²) in [4.78, 5) is 0. The number of hydrogen-bond donors (Lipinski definition) is 2. The average Bonchev–Trinajstić information content (AvgIpc) is 2.82. The van der Waals surface area contributed by atoms with Gasteiger partial charge in [-0.25, -0.2) is 0 Å². The molecule has 5 nitrogen and oxygen atoms in total. The molecule has 3 aromatic rings. The second-order valence-electron chi connectivity index (χ2n) is 4.21. The van der Waals surface area contributed by atoms with E-state index in [1.807, 2.05) is 36.4 Å². The van der Waals surface area contributed by atoms with Crippen molar-refractivity contribution in [3.63, 3.8) is 0 Å². The van der Waals surface area contributed by atoms with Gasteiger partial charge in [0.25, 0.3) is 0 Å². The van der Waals surface area contributed by atoms with E-state index in [4.69, 9.17) is 20.7 Å². The average molecular weight is 255 g/mol. The van der Waals surface area contributed by atoms with Gasteiger partial charge >= 0.3 is 0 Å². The summed E-state index contributed by atoms with van der Waals surface area (Å²) >= 11 is 0. The first-order valence-electron chi connectivity index (χ1n) is 5.78. The minimum atomic E-state index is 0.348. The van der Waals surface area contributed by atoms with E-state index < -0.39 is 0 Å². The van der Waals surface area contributed by atoms with E-state index in [9.17, 15) is 0 Å². The molecule has 0 amide bonds. The highest BCUT2D eigenvalue weighted by atomic mass is 16.5. The number of nitrogen functional groups attached to an aromatic ring is 2. The van der Waals surface area contributed by atoms with Gasteiger partial charge < -0.3 is 20.7 Å². The standard InChI is InChI=1S/C14H13N3O2/c1-18-11-7-6-10(8-2-4-9(15)5-3-8)12-13(11)19-17-14(12)16/h2-7H,15H2,1H3,(H2,16,17). The van der Waals surface area contributed by atoms with Crippen molar-refractivity contribution in [1.29, 1.82) is 0 Å². The minimum absolute atomic E-state index is 0.348. The summed E-state index contributed by atoms with van der Waals surface area (Å²) < 4.78 is 10.5. The van der Waals surface area contributed by atoms with Crippen molar-refractivity contribution in [2.45, 2.75) is 0 Å². The fourth-order valence-electron chi connectivity index (χ4n) is 2.11. The number of rotatable bonds is 2. The summed E-state index contributed by atoms with van der Waals surface area (Å²) in [6.07, 6.45) is 0. The molecule has 0 atom stereocenters. The predicted molar refractivity (Wildman–Crippen MR) is 74.8 cm³/mol. The molecule has 0 fully saturated rings. The third kappa shape index (κ3) is 1.76. The van der Waals surface area contributed by atoms with Gasteiger partial charge in [-0.3, -0.25) is 0 Å². The lowest BCUT2D eigenvalue weighted by Crippen LogP contribution is -1.90. The fraction of sp³-hybridized carbons (Fsp3) is 0.0714. The van der Waals surface area contributed by atoms with Crippen LogP contribution in [0.15, 0.2) is 40.9 Å². The monoisotopic (exact) mass is 255 g/mol. The van der Waals surface area contributed by atoms with E-state index >= 15 is 0 Å². The molecular weight excluding hydrogens is 242 g/mol. The van der Waals surface area contributed by atoms with E-state index in [2.05, 4.69) is 5.16 Å². The van der Waals surface area contributed by atoms with E-state index in [0.717, 1.165) is 16.5 Å². The zero-order valence-corrected chi connectivity index (χ0v) is 10.4. The van der Waals surface area contributed by atoms with Gasteiger partial charge in [0, 0.05) is 5.69 Å². The number of nitrogens with two attached hydrogens (primary N) is 2. The SMILES string of the molecule is COc1ccc(-c2ccc(N)cc2)c2c(N)noc12. The summed E-state index contributed by atoms with van der Waals surface area (Å²) in [6.45, 7) is 0. The number of ether oxygens (including phenoxy) is 1. The molecule has 96 valence electrons. The Hall–Kier alpha value is -2.69. The van der Waals surface area contributed by atoms with Gasteiger partial charge in [-0.1, -0.05) is 17.3 Å². The second kappa shape index (κ2) is 4.20. The Bertz CT molecular complexity index is 732. The topological polar surface area (TPSA) is 87.3 Å². The van der Waals surface area contributed by atoms with Crippen LogP contribution >= 0.6 is 0 Å². The highest BCUT2D eigenvalue weighted by Crippen LogP contribution is 2.37. The molecule has 4 N–H and O–H groups in total. The number of methoxy groups -OCH3 is 1. The first-order chi connectivity index (χ1) is 9.20. The predicted octanol–water partition coefficient (Wildman–Crippen LogP) is 2.67. The Morgan fingerprint density at radius 3 is 2.47 bits per heavy atom. The van der Waals surface area contributed by atoms with Crippen LogP contribution in [0.5, 0.6) is 5.75 Å². The lowest BCUT2D eigenvalue weighted by atomic mass is 10.0. The summed E-state index contributed by atoms with van der Waals surface area (Å²) in [7, 11) is 1.58. The number of aromatic nitrogens is 1. The maximum absolute atomic E-state index is 5.88. The van der Waals surface area contributed by atoms with Crippen LogP contribution in [0, 0.1) is 0 Å². The second-order valence-corrected chi connectivity index (χ2v) is 4.21. The van der Waals surface area contributed by atoms with Crippen molar-refractivity contribution < 1.29 is 9.26 Å². The molecule has 0 spiro atoms. The van der Waals surface area contributed by atoms with Crippen LogP contribution in [-0.4, -0.2) is 12.3 Å². The highest BCUT2D eigenvalue weighted by Gasteiger charge is 2.16. The molecule has 0 aliphatic rings. The zero-order chi connectivity index (χ0) is 13.4. The largest absolute Gasteiger partial charge is 0.493 e. The summed E-state index contributed by atoms with van der Waals surface area (Å²) in [5.74, 6) is 0.958. The highest BCUT2D eigenvalue weighted by molar-refractivity contribution is 6.03. The number of benzene rings is 2. The van der Waals surface area contributed by atoms with Crippen LogP contribution in [0.1, 0.15) is 0 Å². The summed E-state index contributed by atoms with van der Waals surface area (Å²) in [5, 5.41) is 4.56. The van der Waals surface area contributed by atoms with Crippen molar-refractivity contribution in [2.24, 2.45) is 0 Å². The summed E-state index contributed by atoms with van der Waals surface area (Å²) in [5.41, 5.74) is 14.8. The molecular formula is C14H13N3O2. The van der Waals surface area contributed by atoms with Crippen LogP contribution in [-0.2, 0) is 0 Å². The Balaban J connectivity index is 2.30. The molecule has 0 unspecified atom stereocenters. The van der Waals surface area contributed by atoms with Crippen LogP contribution in [0.3, 0.4) is 0 Å². The zero-order valence-electron chi connectivity index (χ0n) is 10.4. The lowest BCUT2D eigenvalue weighted by Gasteiger charge is -2.06. The number of hydrogen-bond acceptors (Lipinski definition) is 5. The maximum Gasteiger partial charge on any atom is 0.211 e. The number of nitrogens with zero attached hydrogens (tertiary/aromatic N) is 1. The Morgan fingerprint density at radius 2 is 1.79 bits per heavy atom. The minimum Gasteiger partial charge on any atom is -0.493 e. The number of fused-ring (bicyclic) bond motifs is 1. The molecule has 2 aromatic carbocycles. The van der Waals surface area contributed by atoms with Gasteiger partial charge in [0.05, 0.1) is 12.5 Å². The van der Waals surface area contributed by atoms with Gasteiger partial charge in [0.15, 0.2) is 11.6 Å². The Kier molecular flexibility index (Phi) is 2.52. The van der Waals surface area contributed by atoms with Crippen molar-refractivity contribution >= 4 is 22.5 Å². The molecule has 1 aromatic heterocycles. The molecule has 0 aliphatic heterocycles. The summed E-state index contributed by atoms with van der Waals surface area (Å²) in [6, 6.07) is 11.3. The van der Waals surface area contributed by atoms with Gasteiger partial charge in [-0.15, -0.1) is 0 Å². The third-order valence-corrected chi connectivity index (χ3v) is 3.05. The van der Waals surface area contributed by atoms with Crippen LogP contribution in [0.25, 0.3) is 22.1 Å². The molecule has 3 rings (SSSR count). The first-order valence-corrected chi connectivity index (χ1v) is 5.78. The molecule has 0 bridgehead atoms. The molecule has 0 saturated heterocycles. The molecule has 1 heterocycles. The van der Waals surface area contributed by atoms with E-state index in [-0.39, 0.29) is 0 Å². The molecule has 0 saturated carbocycles.